The normalized spacial score (nSPS) is 11.1. The average Bonchev–Trinajstić information content (AvgIpc) is 2.80. The Kier molecular flexibility index (Phi) is 6.13. The van der Waals surface area contributed by atoms with Crippen LogP contribution in [0.4, 0.5) is 22.7 Å². The van der Waals surface area contributed by atoms with Crippen LogP contribution in [0.25, 0.3) is 21.5 Å². The van der Waals surface area contributed by atoms with Crippen molar-refractivity contribution in [1.82, 2.24) is 0 Å². The van der Waals surface area contributed by atoms with Crippen LogP contribution in [0.2, 0.25) is 0 Å². The summed E-state index contributed by atoms with van der Waals surface area (Å²) >= 11 is 0. The van der Waals surface area contributed by atoms with Gasteiger partial charge in [0, 0.05) is 101 Å². The van der Waals surface area contributed by atoms with Gasteiger partial charge < -0.3 is 19.6 Å². The smallest absolute Gasteiger partial charge is 0.194 e. The third kappa shape index (κ3) is 3.81. The highest BCUT2D eigenvalue weighted by molar-refractivity contribution is 6.25. The van der Waals surface area contributed by atoms with Gasteiger partial charge in [-0.2, -0.15) is 0 Å². The Balaban J connectivity index is 2.03. The maximum Gasteiger partial charge on any atom is 0.194 e. The van der Waals surface area contributed by atoms with Gasteiger partial charge in [0.25, 0.3) is 0 Å². The fourth-order valence-corrected chi connectivity index (χ4v) is 4.77. The molecule has 5 nitrogen and oxygen atoms in total. The van der Waals surface area contributed by atoms with Crippen molar-refractivity contribution in [2.24, 2.45) is 0 Å². The maximum absolute atomic E-state index is 14.1. The first-order chi connectivity index (χ1) is 16.1. The molecule has 0 atom stereocenters. The van der Waals surface area contributed by atoms with Crippen molar-refractivity contribution in [3.8, 4) is 0 Å². The summed E-state index contributed by atoms with van der Waals surface area (Å²) in [6.45, 7) is 0. The lowest BCUT2D eigenvalue weighted by molar-refractivity contribution is 0.104. The molecule has 0 radical (unpaired) electrons. The van der Waals surface area contributed by atoms with Gasteiger partial charge in [-0.3, -0.25) is 4.79 Å². The van der Waals surface area contributed by atoms with Crippen molar-refractivity contribution in [3.05, 3.63) is 71.8 Å². The molecule has 0 amide bonds. The highest BCUT2D eigenvalue weighted by atomic mass is 16.1. The zero-order chi connectivity index (χ0) is 24.7. The molecule has 0 heterocycles. The molecule has 5 heteroatoms. The van der Waals surface area contributed by atoms with E-state index in [0.717, 1.165) is 55.4 Å². The fraction of sp³-hybridized carbons (Fsp3) is 0.276. The predicted molar refractivity (Wildman–Crippen MR) is 149 cm³/mol. The number of anilines is 4. The number of ketones is 1. The van der Waals surface area contributed by atoms with E-state index in [4.69, 9.17) is 0 Å². The maximum atomic E-state index is 14.1. The zero-order valence-electron chi connectivity index (χ0n) is 21.5. The Hall–Kier alpha value is -3.73. The van der Waals surface area contributed by atoms with Crippen LogP contribution >= 0.6 is 0 Å². The average molecular weight is 455 g/mol. The van der Waals surface area contributed by atoms with Crippen molar-refractivity contribution in [2.75, 3.05) is 76.0 Å². The molecule has 0 N–H and O–H groups in total. The number of hydrogen-bond donors (Lipinski definition) is 0. The summed E-state index contributed by atoms with van der Waals surface area (Å²) in [5.74, 6) is 0.0393. The number of carbonyl (C=O) groups is 1. The highest BCUT2D eigenvalue weighted by Gasteiger charge is 2.21. The first-order valence-corrected chi connectivity index (χ1v) is 11.5. The van der Waals surface area contributed by atoms with Gasteiger partial charge in [0.15, 0.2) is 5.78 Å². The van der Waals surface area contributed by atoms with Crippen molar-refractivity contribution in [2.45, 2.75) is 0 Å². The predicted octanol–water partition coefficient (Wildman–Crippen LogP) is 5.49. The molecule has 0 aromatic heterocycles. The topological polar surface area (TPSA) is 30.0 Å². The van der Waals surface area contributed by atoms with E-state index in [1.165, 1.54) is 0 Å². The molecule has 0 aliphatic rings. The van der Waals surface area contributed by atoms with Gasteiger partial charge in [0.2, 0.25) is 0 Å². The van der Waals surface area contributed by atoms with E-state index in [1.54, 1.807) is 0 Å². The molecule has 176 valence electrons. The molecule has 0 spiro atoms. The van der Waals surface area contributed by atoms with E-state index >= 15 is 0 Å². The summed E-state index contributed by atoms with van der Waals surface area (Å²) in [6.07, 6.45) is 0. The number of benzene rings is 4. The van der Waals surface area contributed by atoms with Crippen molar-refractivity contribution in [3.63, 3.8) is 0 Å². The fourth-order valence-electron chi connectivity index (χ4n) is 4.77. The largest absolute Gasteiger partial charge is 0.377 e. The lowest BCUT2D eigenvalue weighted by Crippen LogP contribution is -2.15. The van der Waals surface area contributed by atoms with Gasteiger partial charge in [-0.05, 0) is 47.2 Å². The Morgan fingerprint density at radius 1 is 0.471 bits per heavy atom. The van der Waals surface area contributed by atoms with E-state index in [9.17, 15) is 4.79 Å². The number of hydrogen-bond acceptors (Lipinski definition) is 5. The molecule has 0 aliphatic carbocycles. The molecule has 4 aromatic carbocycles. The minimum Gasteiger partial charge on any atom is -0.377 e. The molecule has 4 aromatic rings. The highest BCUT2D eigenvalue weighted by Crippen LogP contribution is 2.39. The minimum atomic E-state index is 0.0393. The van der Waals surface area contributed by atoms with E-state index in [-0.39, 0.29) is 5.78 Å². The molecule has 4 rings (SSSR count). The Morgan fingerprint density at radius 3 is 1.12 bits per heavy atom. The quantitative estimate of drug-likeness (QED) is 0.360. The number of carbonyl (C=O) groups excluding carboxylic acids is 1. The Bertz CT molecular complexity index is 1250. The van der Waals surface area contributed by atoms with Gasteiger partial charge in [0.05, 0.1) is 0 Å². The summed E-state index contributed by atoms with van der Waals surface area (Å²) in [4.78, 5) is 22.6. The summed E-state index contributed by atoms with van der Waals surface area (Å²) in [7, 11) is 16.3. The standard InChI is InChI=1S/C29H34N4O/c1-30(2)23-13-9-11-19-21(15-17-25(27(19)23)32(5)6)29(34)22-16-18-26(33(7)8)28-20(22)12-10-14-24(28)31(3)4/h9-18H,1-8H3. The van der Waals surface area contributed by atoms with Crippen molar-refractivity contribution in [1.29, 1.82) is 0 Å². The van der Waals surface area contributed by atoms with Crippen LogP contribution in [0.3, 0.4) is 0 Å². The number of nitrogens with zero attached hydrogens (tertiary/aromatic N) is 4. The van der Waals surface area contributed by atoms with E-state index in [1.807, 2.05) is 80.6 Å². The molecular formula is C29H34N4O. The van der Waals surface area contributed by atoms with Crippen molar-refractivity contribution < 1.29 is 4.79 Å². The van der Waals surface area contributed by atoms with Gasteiger partial charge in [-0.25, -0.2) is 0 Å². The molecule has 0 fully saturated rings. The molecule has 34 heavy (non-hydrogen) atoms. The van der Waals surface area contributed by atoms with Crippen LogP contribution < -0.4 is 19.6 Å². The summed E-state index contributed by atoms with van der Waals surface area (Å²) in [6, 6.07) is 20.5. The second-order valence-electron chi connectivity index (χ2n) is 9.57. The van der Waals surface area contributed by atoms with Gasteiger partial charge in [-0.15, -0.1) is 0 Å². The second-order valence-corrected chi connectivity index (χ2v) is 9.57. The van der Waals surface area contributed by atoms with Crippen LogP contribution in [-0.4, -0.2) is 62.2 Å². The van der Waals surface area contributed by atoms with Crippen molar-refractivity contribution >= 4 is 50.1 Å². The van der Waals surface area contributed by atoms with E-state index in [0.29, 0.717) is 0 Å². The number of fused-ring (bicyclic) bond motifs is 2. The van der Waals surface area contributed by atoms with Crippen LogP contribution in [0, 0.1) is 0 Å². The summed E-state index contributed by atoms with van der Waals surface area (Å²) in [5, 5.41) is 4.12. The zero-order valence-corrected chi connectivity index (χ0v) is 21.5. The lowest BCUT2D eigenvalue weighted by Gasteiger charge is -2.24. The third-order valence-electron chi connectivity index (χ3n) is 6.41. The van der Waals surface area contributed by atoms with Crippen LogP contribution in [0.1, 0.15) is 15.9 Å². The first kappa shape index (κ1) is 23.4. The first-order valence-electron chi connectivity index (χ1n) is 11.5. The Morgan fingerprint density at radius 2 is 0.794 bits per heavy atom. The monoisotopic (exact) mass is 454 g/mol. The molecule has 0 bridgehead atoms. The lowest BCUT2D eigenvalue weighted by atomic mass is 9.91. The molecule has 0 saturated heterocycles. The molecule has 0 saturated carbocycles. The van der Waals surface area contributed by atoms with Crippen LogP contribution in [-0.2, 0) is 0 Å². The van der Waals surface area contributed by atoms with Gasteiger partial charge >= 0.3 is 0 Å². The molecule has 0 aliphatic heterocycles. The molecule has 0 unspecified atom stereocenters. The van der Waals surface area contributed by atoms with Crippen LogP contribution in [0.5, 0.6) is 0 Å². The Labute approximate surface area is 202 Å². The van der Waals surface area contributed by atoms with Gasteiger partial charge in [-0.1, -0.05) is 24.3 Å². The minimum absolute atomic E-state index is 0.0393. The van der Waals surface area contributed by atoms with Gasteiger partial charge in [0.1, 0.15) is 0 Å². The second kappa shape index (κ2) is 8.90. The van der Waals surface area contributed by atoms with E-state index in [2.05, 4.69) is 56.0 Å². The summed E-state index contributed by atoms with van der Waals surface area (Å²) < 4.78 is 0. The van der Waals surface area contributed by atoms with Crippen LogP contribution in [0.15, 0.2) is 60.7 Å². The SMILES string of the molecule is CN(C)c1cccc2c(C(=O)c3ccc(N(C)C)c4c(N(C)C)cccc34)ccc(N(C)C)c12. The summed E-state index contributed by atoms with van der Waals surface area (Å²) in [5.41, 5.74) is 5.83. The van der Waals surface area contributed by atoms with E-state index < -0.39 is 0 Å². The third-order valence-corrected chi connectivity index (χ3v) is 6.41. The molecular weight excluding hydrogens is 420 g/mol. The number of rotatable bonds is 6.